The Kier molecular flexibility index (Phi) is 2.83. The van der Waals surface area contributed by atoms with E-state index < -0.39 is 0 Å². The maximum absolute atomic E-state index is 4.75. The fraction of sp³-hybridized carbons (Fsp3) is 0.500. The number of nitrogens with zero attached hydrogens (tertiary/aromatic N) is 6. The van der Waals surface area contributed by atoms with Crippen molar-refractivity contribution in [2.45, 2.75) is 38.8 Å². The molecule has 3 aromatic rings. The lowest BCUT2D eigenvalue weighted by Gasteiger charge is -2.28. The molecule has 8 nitrogen and oxygen atoms in total. The van der Waals surface area contributed by atoms with E-state index in [2.05, 4.69) is 44.3 Å². The molecule has 0 aromatic carbocycles. The first-order valence-corrected chi connectivity index (χ1v) is 8.46. The Morgan fingerprint density at radius 3 is 2.88 bits per heavy atom. The van der Waals surface area contributed by atoms with E-state index in [9.17, 15) is 0 Å². The van der Waals surface area contributed by atoms with Crippen molar-refractivity contribution in [3.05, 3.63) is 18.7 Å². The molecule has 2 saturated heterocycles. The van der Waals surface area contributed by atoms with Crippen molar-refractivity contribution in [3.8, 4) is 11.3 Å². The minimum absolute atomic E-state index is 0.284. The topological polar surface area (TPSA) is 87.0 Å². The molecular weight excluding hydrogens is 304 g/mol. The third kappa shape index (κ3) is 1.98. The van der Waals surface area contributed by atoms with Gasteiger partial charge in [-0.2, -0.15) is 14.6 Å². The molecule has 6 rings (SSSR count). The van der Waals surface area contributed by atoms with E-state index >= 15 is 0 Å². The van der Waals surface area contributed by atoms with Crippen LogP contribution in [0.5, 0.6) is 0 Å². The van der Waals surface area contributed by atoms with E-state index in [1.807, 2.05) is 12.4 Å². The Bertz CT molecular complexity index is 875. The number of rotatable bonds is 4. The van der Waals surface area contributed by atoms with Crippen molar-refractivity contribution < 1.29 is 0 Å². The quantitative estimate of drug-likeness (QED) is 0.762. The van der Waals surface area contributed by atoms with Gasteiger partial charge in [-0.15, -0.1) is 5.10 Å². The average Bonchev–Trinajstić information content (AvgIpc) is 3.27. The van der Waals surface area contributed by atoms with Crippen LogP contribution in [0, 0.1) is 5.92 Å². The summed E-state index contributed by atoms with van der Waals surface area (Å²) in [5.41, 5.74) is 3.84. The molecule has 0 radical (unpaired) electrons. The summed E-state index contributed by atoms with van der Waals surface area (Å²) in [6.07, 6.45) is 7.98. The van der Waals surface area contributed by atoms with Crippen LogP contribution in [0.15, 0.2) is 18.7 Å². The number of hydrogen-bond donors (Lipinski definition) is 2. The van der Waals surface area contributed by atoms with E-state index in [0.717, 1.165) is 35.1 Å². The fourth-order valence-corrected chi connectivity index (χ4v) is 3.83. The summed E-state index contributed by atoms with van der Waals surface area (Å²) in [7, 11) is 0. The highest BCUT2D eigenvalue weighted by Crippen LogP contribution is 2.46. The SMILES string of the molecule is CC(C)Nc1nc2c(N3CC4CC3C4)c(-c3cn[nH]c3)ncn2n1. The number of hydrogen-bond acceptors (Lipinski definition) is 6. The van der Waals surface area contributed by atoms with Gasteiger partial charge in [0.05, 0.1) is 6.20 Å². The summed E-state index contributed by atoms with van der Waals surface area (Å²) in [6, 6.07) is 0.888. The van der Waals surface area contributed by atoms with Gasteiger partial charge in [-0.05, 0) is 32.6 Å². The average molecular weight is 324 g/mol. The van der Waals surface area contributed by atoms with Gasteiger partial charge in [-0.3, -0.25) is 5.10 Å². The number of aromatic nitrogens is 6. The van der Waals surface area contributed by atoms with Crippen LogP contribution in [0.2, 0.25) is 0 Å². The molecule has 5 heterocycles. The molecule has 24 heavy (non-hydrogen) atoms. The lowest BCUT2D eigenvalue weighted by atomic mass is 9.86. The van der Waals surface area contributed by atoms with Crippen LogP contribution in [-0.2, 0) is 0 Å². The normalized spacial score (nSPS) is 22.4. The molecule has 3 aliphatic rings. The second-order valence-electron chi connectivity index (χ2n) is 7.08. The van der Waals surface area contributed by atoms with Crippen molar-refractivity contribution in [3.63, 3.8) is 0 Å². The van der Waals surface area contributed by atoms with Gasteiger partial charge in [0.1, 0.15) is 17.7 Å². The number of anilines is 2. The summed E-state index contributed by atoms with van der Waals surface area (Å²) >= 11 is 0. The van der Waals surface area contributed by atoms with Crippen LogP contribution in [0.3, 0.4) is 0 Å². The van der Waals surface area contributed by atoms with Crippen LogP contribution in [0.1, 0.15) is 26.7 Å². The number of fused-ring (bicyclic) bond motifs is 2. The van der Waals surface area contributed by atoms with E-state index in [0.29, 0.717) is 12.0 Å². The minimum Gasteiger partial charge on any atom is -0.363 e. The second-order valence-corrected chi connectivity index (χ2v) is 7.08. The zero-order chi connectivity index (χ0) is 16.3. The van der Waals surface area contributed by atoms with Gasteiger partial charge < -0.3 is 10.2 Å². The Hall–Kier alpha value is -2.64. The maximum Gasteiger partial charge on any atom is 0.243 e. The zero-order valence-corrected chi connectivity index (χ0v) is 13.8. The Morgan fingerprint density at radius 1 is 1.33 bits per heavy atom. The van der Waals surface area contributed by atoms with E-state index in [1.165, 1.54) is 12.8 Å². The summed E-state index contributed by atoms with van der Waals surface area (Å²) < 4.78 is 1.78. The predicted molar refractivity (Wildman–Crippen MR) is 91.0 cm³/mol. The molecule has 124 valence electrons. The van der Waals surface area contributed by atoms with Gasteiger partial charge in [0.15, 0.2) is 5.65 Å². The van der Waals surface area contributed by atoms with Gasteiger partial charge in [0.2, 0.25) is 5.95 Å². The number of aromatic amines is 1. The fourth-order valence-electron chi connectivity index (χ4n) is 3.83. The van der Waals surface area contributed by atoms with Gasteiger partial charge >= 0.3 is 0 Å². The Morgan fingerprint density at radius 2 is 2.21 bits per heavy atom. The standard InChI is InChI=1S/C16H20N8/c1-9(2)20-16-21-15-14(23-7-10-3-12(23)4-10)13(11-5-18-19-6-11)17-8-24(15)22-16/h5-6,8-10,12H,3-4,7H2,1-2H3,(H,18,19)(H,20,22). The molecule has 8 heteroatoms. The summed E-state index contributed by atoms with van der Waals surface area (Å²) in [5.74, 6) is 1.45. The minimum atomic E-state index is 0.284. The van der Waals surface area contributed by atoms with E-state index in [4.69, 9.17) is 4.98 Å². The first-order chi connectivity index (χ1) is 11.7. The summed E-state index contributed by atoms with van der Waals surface area (Å²) in [6.45, 7) is 5.24. The zero-order valence-electron chi connectivity index (χ0n) is 13.8. The van der Waals surface area contributed by atoms with Crippen molar-refractivity contribution in [1.29, 1.82) is 0 Å². The van der Waals surface area contributed by atoms with E-state index in [1.54, 1.807) is 10.8 Å². The Labute approximate surface area is 139 Å². The highest BCUT2D eigenvalue weighted by Gasteiger charge is 2.44. The van der Waals surface area contributed by atoms with Gasteiger partial charge in [0, 0.05) is 30.4 Å². The molecule has 2 aliphatic heterocycles. The van der Waals surface area contributed by atoms with Gasteiger partial charge in [-0.1, -0.05) is 0 Å². The third-order valence-corrected chi connectivity index (χ3v) is 4.95. The molecule has 3 fully saturated rings. The second kappa shape index (κ2) is 4.93. The lowest BCUT2D eigenvalue weighted by molar-refractivity contribution is 0.381. The Balaban J connectivity index is 1.70. The molecule has 1 saturated carbocycles. The molecule has 0 atom stereocenters. The predicted octanol–water partition coefficient (Wildman–Crippen LogP) is 1.93. The van der Waals surface area contributed by atoms with Crippen molar-refractivity contribution in [2.24, 2.45) is 5.92 Å². The number of nitrogens with one attached hydrogen (secondary N) is 2. The maximum atomic E-state index is 4.75. The molecule has 2 bridgehead atoms. The highest BCUT2D eigenvalue weighted by molar-refractivity contribution is 5.85. The molecule has 0 unspecified atom stereocenters. The molecule has 1 aliphatic carbocycles. The molecule has 3 aromatic heterocycles. The highest BCUT2D eigenvalue weighted by atomic mass is 15.4. The summed E-state index contributed by atoms with van der Waals surface area (Å²) in [5, 5.41) is 14.8. The van der Waals surface area contributed by atoms with Crippen molar-refractivity contribution >= 4 is 17.3 Å². The largest absolute Gasteiger partial charge is 0.363 e. The summed E-state index contributed by atoms with van der Waals surface area (Å²) in [4.78, 5) is 11.9. The number of H-pyrrole nitrogens is 1. The first-order valence-electron chi connectivity index (χ1n) is 8.46. The van der Waals surface area contributed by atoms with Crippen LogP contribution in [0.25, 0.3) is 16.9 Å². The molecule has 2 N–H and O–H groups in total. The van der Waals surface area contributed by atoms with Crippen LogP contribution in [-0.4, -0.2) is 48.4 Å². The first kappa shape index (κ1) is 13.8. The van der Waals surface area contributed by atoms with Crippen molar-refractivity contribution in [1.82, 2.24) is 29.8 Å². The lowest BCUT2D eigenvalue weighted by Crippen LogP contribution is -2.29. The molecule has 0 amide bonds. The molecular formula is C16H20N8. The monoisotopic (exact) mass is 324 g/mol. The van der Waals surface area contributed by atoms with Crippen LogP contribution < -0.4 is 10.2 Å². The van der Waals surface area contributed by atoms with Crippen molar-refractivity contribution in [2.75, 3.05) is 16.8 Å². The van der Waals surface area contributed by atoms with E-state index in [-0.39, 0.29) is 6.04 Å². The van der Waals surface area contributed by atoms with Gasteiger partial charge in [0.25, 0.3) is 0 Å². The smallest absolute Gasteiger partial charge is 0.243 e. The van der Waals surface area contributed by atoms with Gasteiger partial charge in [-0.25, -0.2) is 4.98 Å². The molecule has 0 spiro atoms. The third-order valence-electron chi connectivity index (χ3n) is 4.95. The van der Waals surface area contributed by atoms with Crippen LogP contribution in [0.4, 0.5) is 11.6 Å². The van der Waals surface area contributed by atoms with Crippen LogP contribution >= 0.6 is 0 Å².